The topological polar surface area (TPSA) is 86.5 Å². The lowest BCUT2D eigenvalue weighted by Gasteiger charge is -2.11. The number of amides is 1. The minimum atomic E-state index is -0.265. The molecule has 0 atom stereocenters. The van der Waals surface area contributed by atoms with Crippen molar-refractivity contribution in [2.24, 2.45) is 0 Å². The third kappa shape index (κ3) is 4.72. The highest BCUT2D eigenvalue weighted by atomic mass is 16.5. The van der Waals surface area contributed by atoms with Crippen molar-refractivity contribution in [1.29, 1.82) is 0 Å². The van der Waals surface area contributed by atoms with Gasteiger partial charge in [-0.05, 0) is 48.9 Å². The van der Waals surface area contributed by atoms with Crippen LogP contribution >= 0.6 is 0 Å². The minimum absolute atomic E-state index is 0.149. The molecule has 0 spiro atoms. The smallest absolute Gasteiger partial charge is 0.262 e. The van der Waals surface area contributed by atoms with Crippen LogP contribution in [0.2, 0.25) is 0 Å². The molecule has 7 nitrogen and oxygen atoms in total. The highest BCUT2D eigenvalue weighted by Gasteiger charge is 2.15. The fourth-order valence-corrected chi connectivity index (χ4v) is 3.05. The van der Waals surface area contributed by atoms with Crippen LogP contribution in [-0.4, -0.2) is 29.8 Å². The lowest BCUT2D eigenvalue weighted by Crippen LogP contribution is -2.20. The van der Waals surface area contributed by atoms with Gasteiger partial charge in [0, 0.05) is 16.8 Å². The summed E-state index contributed by atoms with van der Waals surface area (Å²) < 4.78 is 16.5. The van der Waals surface area contributed by atoms with E-state index >= 15 is 0 Å². The number of methoxy groups -OCH3 is 1. The summed E-state index contributed by atoms with van der Waals surface area (Å²) >= 11 is 0. The molecule has 1 amide bonds. The SMILES string of the molecule is COc1cc(-c2noc(-c3ccccc3C)n2)ccc1OCC(=O)Nc1ccccc1. The van der Waals surface area contributed by atoms with Gasteiger partial charge in [0.15, 0.2) is 18.1 Å². The van der Waals surface area contributed by atoms with Crippen molar-refractivity contribution in [1.82, 2.24) is 10.1 Å². The first-order valence-corrected chi connectivity index (χ1v) is 9.70. The van der Waals surface area contributed by atoms with Gasteiger partial charge >= 0.3 is 0 Å². The van der Waals surface area contributed by atoms with E-state index in [1.54, 1.807) is 18.2 Å². The van der Waals surface area contributed by atoms with E-state index in [0.717, 1.165) is 11.1 Å². The van der Waals surface area contributed by atoms with Crippen molar-refractivity contribution in [2.75, 3.05) is 19.0 Å². The molecule has 0 saturated heterocycles. The van der Waals surface area contributed by atoms with Crippen LogP contribution in [0.3, 0.4) is 0 Å². The number of anilines is 1. The molecule has 31 heavy (non-hydrogen) atoms. The Morgan fingerprint density at radius 2 is 1.77 bits per heavy atom. The summed E-state index contributed by atoms with van der Waals surface area (Å²) in [5, 5.41) is 6.86. The van der Waals surface area contributed by atoms with Crippen LogP contribution in [-0.2, 0) is 4.79 Å². The number of rotatable bonds is 7. The second-order valence-electron chi connectivity index (χ2n) is 6.81. The van der Waals surface area contributed by atoms with Gasteiger partial charge in [0.25, 0.3) is 11.8 Å². The van der Waals surface area contributed by atoms with E-state index in [-0.39, 0.29) is 12.5 Å². The number of nitrogens with one attached hydrogen (secondary N) is 1. The zero-order valence-electron chi connectivity index (χ0n) is 17.2. The van der Waals surface area contributed by atoms with Crippen molar-refractivity contribution < 1.29 is 18.8 Å². The number of aryl methyl sites for hydroxylation is 1. The van der Waals surface area contributed by atoms with E-state index in [4.69, 9.17) is 14.0 Å². The normalized spacial score (nSPS) is 10.5. The summed E-state index contributed by atoms with van der Waals surface area (Å²) in [6, 6.07) is 22.3. The van der Waals surface area contributed by atoms with Crippen LogP contribution in [0.1, 0.15) is 5.56 Å². The molecule has 0 saturated carbocycles. The zero-order chi connectivity index (χ0) is 21.6. The maximum Gasteiger partial charge on any atom is 0.262 e. The Labute approximate surface area is 179 Å². The van der Waals surface area contributed by atoms with Crippen molar-refractivity contribution in [2.45, 2.75) is 6.92 Å². The highest BCUT2D eigenvalue weighted by molar-refractivity contribution is 5.91. The molecule has 1 N–H and O–H groups in total. The molecule has 1 heterocycles. The van der Waals surface area contributed by atoms with Crippen molar-refractivity contribution >= 4 is 11.6 Å². The van der Waals surface area contributed by atoms with E-state index in [2.05, 4.69) is 15.5 Å². The highest BCUT2D eigenvalue weighted by Crippen LogP contribution is 2.32. The van der Waals surface area contributed by atoms with Gasteiger partial charge in [-0.15, -0.1) is 0 Å². The standard InChI is InChI=1S/C24H21N3O4/c1-16-8-6-7-11-19(16)24-26-23(27-31-24)17-12-13-20(21(14-17)29-2)30-15-22(28)25-18-9-4-3-5-10-18/h3-14H,15H2,1-2H3,(H,25,28). The predicted octanol–water partition coefficient (Wildman–Crippen LogP) is 4.74. The van der Waals surface area contributed by atoms with E-state index in [1.165, 1.54) is 7.11 Å². The van der Waals surface area contributed by atoms with Crippen LogP contribution in [0.25, 0.3) is 22.8 Å². The Hall–Kier alpha value is -4.13. The quantitative estimate of drug-likeness (QED) is 0.469. The Kier molecular flexibility index (Phi) is 5.93. The molecule has 0 fully saturated rings. The monoisotopic (exact) mass is 415 g/mol. The van der Waals surface area contributed by atoms with Crippen LogP contribution in [0.4, 0.5) is 5.69 Å². The molecular weight excluding hydrogens is 394 g/mol. The fraction of sp³-hybridized carbons (Fsp3) is 0.125. The first-order chi connectivity index (χ1) is 15.1. The fourth-order valence-electron chi connectivity index (χ4n) is 3.05. The Balaban J connectivity index is 1.47. The number of para-hydroxylation sites is 1. The van der Waals surface area contributed by atoms with Gasteiger partial charge in [-0.3, -0.25) is 4.79 Å². The second kappa shape index (κ2) is 9.13. The van der Waals surface area contributed by atoms with Crippen LogP contribution in [0.15, 0.2) is 77.3 Å². The number of ether oxygens (including phenoxy) is 2. The number of carbonyl (C=O) groups is 1. The van der Waals surface area contributed by atoms with Gasteiger partial charge < -0.3 is 19.3 Å². The number of carbonyl (C=O) groups excluding carboxylic acids is 1. The molecule has 156 valence electrons. The first kappa shape index (κ1) is 20.2. The summed E-state index contributed by atoms with van der Waals surface area (Å²) in [5.41, 5.74) is 3.35. The zero-order valence-corrected chi connectivity index (χ0v) is 17.2. The average Bonchev–Trinajstić information content (AvgIpc) is 3.28. The summed E-state index contributed by atoms with van der Waals surface area (Å²) in [6.07, 6.45) is 0. The molecule has 0 bridgehead atoms. The molecule has 4 rings (SSSR count). The number of nitrogens with zero attached hydrogens (tertiary/aromatic N) is 2. The van der Waals surface area contributed by atoms with Crippen LogP contribution in [0, 0.1) is 6.92 Å². The predicted molar refractivity (Wildman–Crippen MR) is 117 cm³/mol. The van der Waals surface area contributed by atoms with Crippen molar-refractivity contribution in [3.8, 4) is 34.3 Å². The molecule has 0 radical (unpaired) electrons. The summed E-state index contributed by atoms with van der Waals surface area (Å²) in [4.78, 5) is 16.6. The largest absolute Gasteiger partial charge is 0.493 e. The van der Waals surface area contributed by atoms with Gasteiger partial charge in [-0.2, -0.15) is 4.98 Å². The van der Waals surface area contributed by atoms with Crippen LogP contribution in [0.5, 0.6) is 11.5 Å². The van der Waals surface area contributed by atoms with E-state index in [1.807, 2.05) is 61.5 Å². The molecule has 3 aromatic carbocycles. The molecule has 7 heteroatoms. The molecule has 0 aliphatic heterocycles. The molecule has 0 aliphatic carbocycles. The Bertz CT molecular complexity index is 1190. The summed E-state index contributed by atoms with van der Waals surface area (Å²) in [7, 11) is 1.53. The molecule has 0 unspecified atom stereocenters. The van der Waals surface area contributed by atoms with Crippen molar-refractivity contribution in [3.05, 3.63) is 78.4 Å². The van der Waals surface area contributed by atoms with Gasteiger partial charge in [0.2, 0.25) is 5.82 Å². The first-order valence-electron chi connectivity index (χ1n) is 9.70. The Morgan fingerprint density at radius 1 is 1.00 bits per heavy atom. The minimum Gasteiger partial charge on any atom is -0.493 e. The molecule has 4 aromatic rings. The average molecular weight is 415 g/mol. The number of benzene rings is 3. The number of hydrogen-bond acceptors (Lipinski definition) is 6. The maximum atomic E-state index is 12.1. The van der Waals surface area contributed by atoms with Gasteiger partial charge in [-0.1, -0.05) is 41.6 Å². The van der Waals surface area contributed by atoms with Crippen LogP contribution < -0.4 is 14.8 Å². The lowest BCUT2D eigenvalue weighted by molar-refractivity contribution is -0.118. The molecule has 1 aromatic heterocycles. The second-order valence-corrected chi connectivity index (χ2v) is 6.81. The van der Waals surface area contributed by atoms with Gasteiger partial charge in [0.05, 0.1) is 7.11 Å². The third-order valence-electron chi connectivity index (χ3n) is 4.64. The van der Waals surface area contributed by atoms with E-state index < -0.39 is 0 Å². The van der Waals surface area contributed by atoms with Gasteiger partial charge in [0.1, 0.15) is 0 Å². The third-order valence-corrected chi connectivity index (χ3v) is 4.64. The lowest BCUT2D eigenvalue weighted by atomic mass is 10.1. The number of aromatic nitrogens is 2. The molecule has 0 aliphatic rings. The summed E-state index contributed by atoms with van der Waals surface area (Å²) in [5.74, 6) is 1.53. The van der Waals surface area contributed by atoms with Gasteiger partial charge in [-0.25, -0.2) is 0 Å². The maximum absolute atomic E-state index is 12.1. The van der Waals surface area contributed by atoms with Crippen molar-refractivity contribution in [3.63, 3.8) is 0 Å². The van der Waals surface area contributed by atoms with E-state index in [9.17, 15) is 4.79 Å². The number of hydrogen-bond donors (Lipinski definition) is 1. The Morgan fingerprint density at radius 3 is 2.55 bits per heavy atom. The molecular formula is C24H21N3O4. The summed E-state index contributed by atoms with van der Waals surface area (Å²) in [6.45, 7) is 1.84. The van der Waals surface area contributed by atoms with E-state index in [0.29, 0.717) is 34.5 Å².